The van der Waals surface area contributed by atoms with Gasteiger partial charge in [-0.25, -0.2) is 9.59 Å². The van der Waals surface area contributed by atoms with Gasteiger partial charge in [-0.15, -0.1) is 0 Å². The minimum absolute atomic E-state index is 0.122. The van der Waals surface area contributed by atoms with Crippen LogP contribution in [0, 0.1) is 0 Å². The van der Waals surface area contributed by atoms with Gasteiger partial charge in [-0.3, -0.25) is 4.90 Å². The Labute approximate surface area is 191 Å². The van der Waals surface area contributed by atoms with Gasteiger partial charge in [0.05, 0.1) is 13.2 Å². The van der Waals surface area contributed by atoms with E-state index in [1.807, 2.05) is 84.9 Å². The van der Waals surface area contributed by atoms with E-state index >= 15 is 0 Å². The fourth-order valence-corrected chi connectivity index (χ4v) is 5.11. The van der Waals surface area contributed by atoms with Crippen molar-refractivity contribution < 1.29 is 24.2 Å². The first-order valence-electron chi connectivity index (χ1n) is 10.8. The number of cyclic esters (lactones) is 1. The van der Waals surface area contributed by atoms with Crippen molar-refractivity contribution in [2.45, 2.75) is 17.7 Å². The molecule has 0 spiro atoms. The Kier molecular flexibility index (Phi) is 5.17. The van der Waals surface area contributed by atoms with Crippen molar-refractivity contribution in [3.8, 4) is 5.75 Å². The molecule has 0 aromatic heterocycles. The summed E-state index contributed by atoms with van der Waals surface area (Å²) in [6.45, 7) is 0.247. The molecular weight excluding hydrogens is 420 g/mol. The van der Waals surface area contributed by atoms with Gasteiger partial charge in [0.15, 0.2) is 5.60 Å². The van der Waals surface area contributed by atoms with Crippen molar-refractivity contribution in [2.75, 3.05) is 20.2 Å². The van der Waals surface area contributed by atoms with Crippen LogP contribution in [-0.4, -0.2) is 53.3 Å². The molecule has 2 fully saturated rings. The van der Waals surface area contributed by atoms with Crippen LogP contribution in [0.15, 0.2) is 84.9 Å². The van der Waals surface area contributed by atoms with Gasteiger partial charge in [-0.2, -0.15) is 0 Å². The summed E-state index contributed by atoms with van der Waals surface area (Å²) < 4.78 is 11.8. The van der Waals surface area contributed by atoms with Gasteiger partial charge in [0, 0.05) is 29.8 Å². The molecule has 168 valence electrons. The predicted octanol–water partition coefficient (Wildman–Crippen LogP) is 4.49. The molecule has 5 rings (SSSR count). The Morgan fingerprint density at radius 2 is 1.52 bits per heavy atom. The third-order valence-corrected chi connectivity index (χ3v) is 6.56. The molecule has 2 aliphatic rings. The minimum atomic E-state index is -1.16. The third-order valence-electron chi connectivity index (χ3n) is 6.56. The quantitative estimate of drug-likeness (QED) is 0.641. The lowest BCUT2D eigenvalue weighted by Gasteiger charge is -2.45. The largest absolute Gasteiger partial charge is 0.496 e. The van der Waals surface area contributed by atoms with Gasteiger partial charge >= 0.3 is 12.2 Å². The first-order chi connectivity index (χ1) is 16.1. The maximum atomic E-state index is 13.5. The number of methoxy groups -OCH3 is 1. The van der Waals surface area contributed by atoms with Crippen LogP contribution in [0.5, 0.6) is 5.75 Å². The number of benzene rings is 3. The molecule has 0 radical (unpaired) electrons. The van der Waals surface area contributed by atoms with Gasteiger partial charge in [0.2, 0.25) is 0 Å². The summed E-state index contributed by atoms with van der Waals surface area (Å²) in [4.78, 5) is 28.8. The zero-order valence-electron chi connectivity index (χ0n) is 18.1. The lowest BCUT2D eigenvalue weighted by atomic mass is 9.78. The van der Waals surface area contributed by atoms with Crippen LogP contribution in [0.3, 0.4) is 0 Å². The maximum Gasteiger partial charge on any atom is 0.412 e. The molecule has 3 aromatic rings. The molecule has 0 bridgehead atoms. The fourth-order valence-electron chi connectivity index (χ4n) is 5.11. The van der Waals surface area contributed by atoms with E-state index in [1.165, 1.54) is 4.90 Å². The summed E-state index contributed by atoms with van der Waals surface area (Å²) in [5.74, 6) is 0.596. The Morgan fingerprint density at radius 1 is 0.939 bits per heavy atom. The molecule has 2 saturated heterocycles. The molecule has 7 heteroatoms. The van der Waals surface area contributed by atoms with Gasteiger partial charge in [0.25, 0.3) is 0 Å². The lowest BCUT2D eigenvalue weighted by molar-refractivity contribution is 0.0277. The first-order valence-corrected chi connectivity index (χ1v) is 10.8. The molecule has 33 heavy (non-hydrogen) atoms. The first kappa shape index (κ1) is 20.9. The second-order valence-corrected chi connectivity index (χ2v) is 8.20. The molecule has 2 aliphatic heterocycles. The van der Waals surface area contributed by atoms with E-state index < -0.39 is 29.9 Å². The lowest BCUT2D eigenvalue weighted by Crippen LogP contribution is -2.59. The van der Waals surface area contributed by atoms with E-state index in [0.717, 1.165) is 16.7 Å². The van der Waals surface area contributed by atoms with Crippen LogP contribution in [0.1, 0.15) is 22.7 Å². The highest BCUT2D eigenvalue weighted by molar-refractivity contribution is 5.76. The van der Waals surface area contributed by atoms with Crippen LogP contribution < -0.4 is 4.74 Å². The maximum absolute atomic E-state index is 13.5. The molecular formula is C26H24N2O5. The summed E-state index contributed by atoms with van der Waals surface area (Å²) in [5, 5.41) is 9.98. The number of fused-ring (bicyclic) bond motifs is 1. The standard InChI is InChI=1S/C26H24N2O5/c1-32-22-15-9-8-14-20(22)21-16-27(24(29)30)17-23-26(33-25(31)28(21)23,18-10-4-2-5-11-18)19-12-6-3-7-13-19/h2-15,21,23H,16-17H2,1H3,(H,29,30). The number of rotatable bonds is 4. The van der Waals surface area contributed by atoms with E-state index in [2.05, 4.69) is 0 Å². The number of piperazine rings is 1. The average Bonchev–Trinajstić information content (AvgIpc) is 3.18. The number of amides is 2. The van der Waals surface area contributed by atoms with Crippen molar-refractivity contribution in [1.82, 2.24) is 9.80 Å². The normalized spacial score (nSPS) is 21.3. The van der Waals surface area contributed by atoms with Crippen LogP contribution in [0.2, 0.25) is 0 Å². The third kappa shape index (κ3) is 3.28. The van der Waals surface area contributed by atoms with E-state index in [4.69, 9.17) is 9.47 Å². The molecule has 2 amide bonds. The number of ether oxygens (including phenoxy) is 2. The number of hydrogen-bond donors (Lipinski definition) is 1. The highest BCUT2D eigenvalue weighted by Gasteiger charge is 2.61. The van der Waals surface area contributed by atoms with Crippen LogP contribution in [-0.2, 0) is 10.3 Å². The Morgan fingerprint density at radius 3 is 2.09 bits per heavy atom. The highest BCUT2D eigenvalue weighted by atomic mass is 16.6. The predicted molar refractivity (Wildman–Crippen MR) is 121 cm³/mol. The van der Waals surface area contributed by atoms with Crippen LogP contribution in [0.4, 0.5) is 9.59 Å². The summed E-state index contributed by atoms with van der Waals surface area (Å²) in [5.41, 5.74) is 1.17. The zero-order valence-corrected chi connectivity index (χ0v) is 18.1. The summed E-state index contributed by atoms with van der Waals surface area (Å²) in [6.07, 6.45) is -1.52. The minimum Gasteiger partial charge on any atom is -0.496 e. The second kappa shape index (κ2) is 8.16. The van der Waals surface area contributed by atoms with Crippen molar-refractivity contribution in [1.29, 1.82) is 0 Å². The Hall–Kier alpha value is -4.00. The zero-order chi connectivity index (χ0) is 23.0. The van der Waals surface area contributed by atoms with Crippen LogP contribution in [0.25, 0.3) is 0 Å². The number of carbonyl (C=O) groups is 2. The van der Waals surface area contributed by atoms with E-state index in [9.17, 15) is 14.7 Å². The van der Waals surface area contributed by atoms with Gasteiger partial charge in [-0.1, -0.05) is 78.9 Å². The van der Waals surface area contributed by atoms with Crippen molar-refractivity contribution in [2.24, 2.45) is 0 Å². The number of hydrogen-bond acceptors (Lipinski definition) is 4. The van der Waals surface area contributed by atoms with Gasteiger partial charge in [-0.05, 0) is 6.07 Å². The van der Waals surface area contributed by atoms with E-state index in [-0.39, 0.29) is 13.1 Å². The fraction of sp³-hybridized carbons (Fsp3) is 0.231. The second-order valence-electron chi connectivity index (χ2n) is 8.20. The van der Waals surface area contributed by atoms with E-state index in [1.54, 1.807) is 12.0 Å². The smallest absolute Gasteiger partial charge is 0.412 e. The molecule has 2 unspecified atom stereocenters. The summed E-state index contributed by atoms with van der Waals surface area (Å²) in [6, 6.07) is 25.3. The molecule has 1 N–H and O–H groups in total. The van der Waals surface area contributed by atoms with Gasteiger partial charge < -0.3 is 19.5 Å². The number of carboxylic acid groups (broad SMARTS) is 1. The summed E-state index contributed by atoms with van der Waals surface area (Å²) >= 11 is 0. The number of nitrogens with zero attached hydrogens (tertiary/aromatic N) is 2. The van der Waals surface area contributed by atoms with Crippen molar-refractivity contribution >= 4 is 12.2 Å². The molecule has 0 aliphatic carbocycles. The van der Waals surface area contributed by atoms with E-state index in [0.29, 0.717) is 5.75 Å². The molecule has 7 nitrogen and oxygen atoms in total. The monoisotopic (exact) mass is 444 g/mol. The number of carbonyl (C=O) groups excluding carboxylic acids is 1. The Balaban J connectivity index is 1.72. The SMILES string of the molecule is COc1ccccc1C1CN(C(=O)O)CC2N1C(=O)OC2(c1ccccc1)c1ccccc1. The van der Waals surface area contributed by atoms with Crippen LogP contribution >= 0.6 is 0 Å². The average molecular weight is 444 g/mol. The summed E-state index contributed by atoms with van der Waals surface area (Å²) in [7, 11) is 1.56. The van der Waals surface area contributed by atoms with Gasteiger partial charge in [0.1, 0.15) is 11.8 Å². The molecule has 2 atom stereocenters. The Bertz CT molecular complexity index is 1130. The van der Waals surface area contributed by atoms with Crippen molar-refractivity contribution in [3.63, 3.8) is 0 Å². The highest BCUT2D eigenvalue weighted by Crippen LogP contribution is 2.50. The molecule has 3 aromatic carbocycles. The number of para-hydroxylation sites is 1. The molecule has 0 saturated carbocycles. The molecule has 2 heterocycles. The van der Waals surface area contributed by atoms with Crippen molar-refractivity contribution in [3.05, 3.63) is 102 Å². The topological polar surface area (TPSA) is 79.3 Å².